The first-order chi connectivity index (χ1) is 10.7. The van der Waals surface area contributed by atoms with Gasteiger partial charge in [0.05, 0.1) is 0 Å². The van der Waals surface area contributed by atoms with Crippen LogP contribution in [-0.4, -0.2) is 18.7 Å². The van der Waals surface area contributed by atoms with Gasteiger partial charge in [-0.25, -0.2) is 0 Å². The second-order valence-electron chi connectivity index (χ2n) is 6.75. The fourth-order valence-corrected chi connectivity index (χ4v) is 4.22. The Morgan fingerprint density at radius 3 is 2.64 bits per heavy atom. The van der Waals surface area contributed by atoms with Gasteiger partial charge in [-0.15, -0.1) is 0 Å². The fraction of sp³-hybridized carbons (Fsp3) is 0.588. The van der Waals surface area contributed by atoms with Crippen LogP contribution in [0, 0.1) is 17.8 Å². The van der Waals surface area contributed by atoms with Crippen molar-refractivity contribution in [1.82, 2.24) is 0 Å². The first kappa shape index (κ1) is 13.9. The van der Waals surface area contributed by atoms with E-state index in [0.29, 0.717) is 23.6 Å². The van der Waals surface area contributed by atoms with Gasteiger partial charge in [0, 0.05) is 23.7 Å². The van der Waals surface area contributed by atoms with Crippen molar-refractivity contribution in [2.45, 2.75) is 38.1 Å². The second kappa shape index (κ2) is 5.47. The van der Waals surface area contributed by atoms with E-state index >= 15 is 0 Å². The number of amides is 1. The third-order valence-corrected chi connectivity index (χ3v) is 5.42. The van der Waals surface area contributed by atoms with Crippen LogP contribution in [0.15, 0.2) is 18.2 Å². The van der Waals surface area contributed by atoms with E-state index < -0.39 is 0 Å². The number of hydrogen-bond acceptors (Lipinski definition) is 4. The van der Waals surface area contributed by atoms with E-state index in [1.54, 1.807) is 0 Å². The molecule has 2 aliphatic carbocycles. The summed E-state index contributed by atoms with van der Waals surface area (Å²) in [5.74, 6) is 2.65. The number of hydrogen-bond donors (Lipinski definition) is 2. The molecule has 0 aromatic heterocycles. The van der Waals surface area contributed by atoms with E-state index in [4.69, 9.17) is 15.2 Å². The third kappa shape index (κ3) is 2.43. The Morgan fingerprint density at radius 1 is 1.14 bits per heavy atom. The summed E-state index contributed by atoms with van der Waals surface area (Å²) in [6.07, 6.45) is 5.46. The van der Waals surface area contributed by atoms with E-state index in [9.17, 15) is 4.79 Å². The summed E-state index contributed by atoms with van der Waals surface area (Å²) in [5.41, 5.74) is 7.07. The summed E-state index contributed by atoms with van der Waals surface area (Å²) in [7, 11) is 0. The van der Waals surface area contributed by atoms with Gasteiger partial charge in [-0.05, 0) is 49.7 Å². The number of ether oxygens (including phenoxy) is 2. The van der Waals surface area contributed by atoms with Gasteiger partial charge in [-0.2, -0.15) is 0 Å². The molecular weight excluding hydrogens is 280 g/mol. The molecule has 2 fully saturated rings. The minimum absolute atomic E-state index is 0.0838. The molecule has 1 heterocycles. The molecule has 1 aromatic rings. The summed E-state index contributed by atoms with van der Waals surface area (Å²) in [6.45, 7) is 0.247. The number of nitrogens with one attached hydrogen (secondary N) is 1. The summed E-state index contributed by atoms with van der Waals surface area (Å²) < 4.78 is 10.6. The zero-order valence-corrected chi connectivity index (χ0v) is 12.6. The van der Waals surface area contributed by atoms with Gasteiger partial charge in [0.1, 0.15) is 0 Å². The first-order valence-electron chi connectivity index (χ1n) is 8.17. The molecule has 2 saturated carbocycles. The second-order valence-corrected chi connectivity index (χ2v) is 6.75. The van der Waals surface area contributed by atoms with Gasteiger partial charge >= 0.3 is 0 Å². The molecular formula is C17H22N2O3. The van der Waals surface area contributed by atoms with Crippen LogP contribution in [-0.2, 0) is 4.79 Å². The molecule has 22 heavy (non-hydrogen) atoms. The number of anilines is 1. The van der Waals surface area contributed by atoms with Gasteiger partial charge in [0.25, 0.3) is 0 Å². The molecule has 3 aliphatic rings. The summed E-state index contributed by atoms with van der Waals surface area (Å²) in [4.78, 5) is 12.6. The predicted octanol–water partition coefficient (Wildman–Crippen LogP) is 2.51. The van der Waals surface area contributed by atoms with Crippen molar-refractivity contribution in [2.24, 2.45) is 23.5 Å². The van der Waals surface area contributed by atoms with Crippen LogP contribution in [0.4, 0.5) is 5.69 Å². The van der Waals surface area contributed by atoms with Crippen LogP contribution in [0.1, 0.15) is 32.1 Å². The highest BCUT2D eigenvalue weighted by Crippen LogP contribution is 2.42. The van der Waals surface area contributed by atoms with Crippen molar-refractivity contribution < 1.29 is 14.3 Å². The lowest BCUT2D eigenvalue weighted by molar-refractivity contribution is -0.122. The maximum absolute atomic E-state index is 12.6. The lowest BCUT2D eigenvalue weighted by atomic mass is 9.65. The Labute approximate surface area is 130 Å². The van der Waals surface area contributed by atoms with Crippen LogP contribution in [0.25, 0.3) is 0 Å². The number of benzene rings is 1. The van der Waals surface area contributed by atoms with Gasteiger partial charge < -0.3 is 20.5 Å². The Hall–Kier alpha value is -1.75. The molecule has 5 heteroatoms. The molecule has 1 amide bonds. The largest absolute Gasteiger partial charge is 0.454 e. The number of nitrogens with two attached hydrogens (primary N) is 1. The van der Waals surface area contributed by atoms with E-state index in [-0.39, 0.29) is 18.6 Å². The minimum Gasteiger partial charge on any atom is -0.454 e. The van der Waals surface area contributed by atoms with E-state index in [1.165, 1.54) is 19.3 Å². The highest BCUT2D eigenvalue weighted by atomic mass is 16.7. The van der Waals surface area contributed by atoms with Gasteiger partial charge in [0.2, 0.25) is 12.7 Å². The fourth-order valence-electron chi connectivity index (χ4n) is 4.22. The minimum atomic E-state index is 0.0838. The molecule has 4 rings (SSSR count). The number of carbonyl (C=O) groups is 1. The summed E-state index contributed by atoms with van der Waals surface area (Å²) >= 11 is 0. The molecule has 0 spiro atoms. The number of carbonyl (C=O) groups excluding carboxylic acids is 1. The summed E-state index contributed by atoms with van der Waals surface area (Å²) in [6, 6.07) is 5.82. The Balaban J connectivity index is 1.44. The molecule has 5 nitrogen and oxygen atoms in total. The van der Waals surface area contributed by atoms with Gasteiger partial charge in [0.15, 0.2) is 11.5 Å². The van der Waals surface area contributed by atoms with Gasteiger partial charge in [-0.3, -0.25) is 4.79 Å². The zero-order chi connectivity index (χ0) is 15.1. The summed E-state index contributed by atoms with van der Waals surface area (Å²) in [5, 5.41) is 3.03. The molecule has 1 aliphatic heterocycles. The van der Waals surface area contributed by atoms with Crippen molar-refractivity contribution in [3.63, 3.8) is 0 Å². The Bertz CT molecular complexity index is 575. The van der Waals surface area contributed by atoms with Gasteiger partial charge in [-0.1, -0.05) is 6.42 Å². The quantitative estimate of drug-likeness (QED) is 0.880. The monoisotopic (exact) mass is 302 g/mol. The maximum atomic E-state index is 12.6. The topological polar surface area (TPSA) is 73.6 Å². The molecule has 2 atom stereocenters. The van der Waals surface area contributed by atoms with Crippen LogP contribution in [0.2, 0.25) is 0 Å². The van der Waals surface area contributed by atoms with Crippen molar-refractivity contribution in [2.75, 3.05) is 12.1 Å². The van der Waals surface area contributed by atoms with E-state index in [0.717, 1.165) is 24.3 Å². The zero-order valence-electron chi connectivity index (χ0n) is 12.6. The molecule has 2 unspecified atom stereocenters. The highest BCUT2D eigenvalue weighted by Gasteiger charge is 2.40. The first-order valence-corrected chi connectivity index (χ1v) is 8.17. The molecule has 2 bridgehead atoms. The molecule has 0 saturated heterocycles. The predicted molar refractivity (Wildman–Crippen MR) is 82.7 cm³/mol. The van der Waals surface area contributed by atoms with Crippen molar-refractivity contribution in [3.8, 4) is 11.5 Å². The SMILES string of the molecule is NC1C2CCCC1CC(C(=O)Nc1ccc3c(c1)OCO3)C2. The number of rotatable bonds is 2. The van der Waals surface area contributed by atoms with Crippen molar-refractivity contribution in [3.05, 3.63) is 18.2 Å². The average molecular weight is 302 g/mol. The lowest BCUT2D eigenvalue weighted by Crippen LogP contribution is -2.48. The maximum Gasteiger partial charge on any atom is 0.231 e. The van der Waals surface area contributed by atoms with E-state index in [2.05, 4.69) is 5.32 Å². The molecule has 0 radical (unpaired) electrons. The molecule has 1 aromatic carbocycles. The van der Waals surface area contributed by atoms with Crippen LogP contribution in [0.5, 0.6) is 11.5 Å². The van der Waals surface area contributed by atoms with Crippen LogP contribution < -0.4 is 20.5 Å². The third-order valence-electron chi connectivity index (χ3n) is 5.42. The number of fused-ring (bicyclic) bond motifs is 3. The Kier molecular flexibility index (Phi) is 3.45. The van der Waals surface area contributed by atoms with Crippen LogP contribution in [0.3, 0.4) is 0 Å². The standard InChI is InChI=1S/C17H22N2O3/c18-16-10-2-1-3-11(16)7-12(6-10)17(20)19-13-4-5-14-15(8-13)22-9-21-14/h4-5,8,10-12,16H,1-3,6-7,9,18H2,(H,19,20). The normalized spacial score (nSPS) is 32.6. The smallest absolute Gasteiger partial charge is 0.231 e. The average Bonchev–Trinajstić information content (AvgIpc) is 2.94. The van der Waals surface area contributed by atoms with Crippen LogP contribution >= 0.6 is 0 Å². The van der Waals surface area contributed by atoms with E-state index in [1.807, 2.05) is 18.2 Å². The van der Waals surface area contributed by atoms with Crippen molar-refractivity contribution in [1.29, 1.82) is 0 Å². The van der Waals surface area contributed by atoms with Crippen molar-refractivity contribution >= 4 is 11.6 Å². The Morgan fingerprint density at radius 2 is 1.86 bits per heavy atom. The lowest BCUT2D eigenvalue weighted by Gasteiger charge is -2.43. The highest BCUT2D eigenvalue weighted by molar-refractivity contribution is 5.93. The molecule has 118 valence electrons. The molecule has 3 N–H and O–H groups in total.